The Kier molecular flexibility index (Phi) is 2.70. The van der Waals surface area contributed by atoms with Gasteiger partial charge in [-0.05, 0) is 36.1 Å². The highest BCUT2D eigenvalue weighted by Gasteiger charge is 2.24. The molecule has 1 aromatic heterocycles. The molecule has 1 heterocycles. The summed E-state index contributed by atoms with van der Waals surface area (Å²) in [5.74, 6) is 0. The number of nitrogens with one attached hydrogen (secondary N) is 1. The minimum atomic E-state index is -0.231. The Bertz CT molecular complexity index is 824. The minimum absolute atomic E-state index is 0.0525. The van der Waals surface area contributed by atoms with Gasteiger partial charge in [-0.15, -0.1) is 5.10 Å². The van der Waals surface area contributed by atoms with E-state index in [1.807, 2.05) is 36.4 Å². The highest BCUT2D eigenvalue weighted by atomic mass is 16.2. The molecule has 2 aromatic carbocycles. The predicted molar refractivity (Wildman–Crippen MR) is 79.0 cm³/mol. The van der Waals surface area contributed by atoms with Crippen LogP contribution in [-0.4, -0.2) is 21.0 Å². The Labute approximate surface area is 121 Å². The van der Waals surface area contributed by atoms with E-state index in [9.17, 15) is 4.79 Å². The maximum absolute atomic E-state index is 12.4. The molecular formula is C16H14N4O. The fourth-order valence-electron chi connectivity index (χ4n) is 2.94. The molecule has 1 aliphatic carbocycles. The van der Waals surface area contributed by atoms with Gasteiger partial charge in [-0.2, -0.15) is 4.68 Å². The molecule has 0 unspecified atom stereocenters. The summed E-state index contributed by atoms with van der Waals surface area (Å²) in [6.07, 6.45) is 1.93. The van der Waals surface area contributed by atoms with Crippen LogP contribution in [0.3, 0.4) is 0 Å². The lowest BCUT2D eigenvalue weighted by Crippen LogP contribution is -2.32. The Morgan fingerprint density at radius 1 is 1.14 bits per heavy atom. The van der Waals surface area contributed by atoms with Gasteiger partial charge in [0, 0.05) is 0 Å². The highest BCUT2D eigenvalue weighted by molar-refractivity contribution is 5.87. The van der Waals surface area contributed by atoms with Gasteiger partial charge in [0.2, 0.25) is 0 Å². The van der Waals surface area contributed by atoms with Gasteiger partial charge >= 0.3 is 6.03 Å². The average molecular weight is 278 g/mol. The number of hydrogen-bond donors (Lipinski definition) is 1. The topological polar surface area (TPSA) is 59.8 Å². The van der Waals surface area contributed by atoms with Crippen molar-refractivity contribution in [2.24, 2.45) is 0 Å². The lowest BCUT2D eigenvalue weighted by Gasteiger charge is -2.13. The van der Waals surface area contributed by atoms with Crippen molar-refractivity contribution in [1.29, 1.82) is 0 Å². The smallest absolute Gasteiger partial charge is 0.329 e. The fraction of sp³-hybridized carbons (Fsp3) is 0.188. The number of nitrogens with zero attached hydrogens (tertiary/aromatic N) is 3. The number of benzene rings is 2. The van der Waals surface area contributed by atoms with E-state index in [0.717, 1.165) is 23.9 Å². The van der Waals surface area contributed by atoms with Crippen LogP contribution in [0.25, 0.3) is 11.0 Å². The monoisotopic (exact) mass is 278 g/mol. The number of carbonyl (C=O) groups excluding carboxylic acids is 1. The molecule has 3 aromatic rings. The minimum Gasteiger partial charge on any atom is -0.329 e. The van der Waals surface area contributed by atoms with Crippen LogP contribution >= 0.6 is 0 Å². The molecule has 0 saturated carbocycles. The second kappa shape index (κ2) is 4.70. The van der Waals surface area contributed by atoms with Gasteiger partial charge in [0.15, 0.2) is 0 Å². The van der Waals surface area contributed by atoms with Crippen molar-refractivity contribution in [3.8, 4) is 0 Å². The van der Waals surface area contributed by atoms with Gasteiger partial charge in [0.25, 0.3) is 0 Å². The summed E-state index contributed by atoms with van der Waals surface area (Å²) in [7, 11) is 0. The molecular weight excluding hydrogens is 264 g/mol. The van der Waals surface area contributed by atoms with Crippen molar-refractivity contribution >= 4 is 17.1 Å². The first-order valence-corrected chi connectivity index (χ1v) is 7.02. The quantitative estimate of drug-likeness (QED) is 0.744. The Hall–Kier alpha value is -2.69. The number of hydrogen-bond acceptors (Lipinski definition) is 3. The first-order valence-electron chi connectivity index (χ1n) is 7.02. The van der Waals surface area contributed by atoms with E-state index in [1.165, 1.54) is 15.8 Å². The molecule has 0 saturated heterocycles. The lowest BCUT2D eigenvalue weighted by atomic mass is 10.1. The molecule has 0 bridgehead atoms. The third-order valence-electron chi connectivity index (χ3n) is 3.97. The van der Waals surface area contributed by atoms with Crippen LogP contribution < -0.4 is 5.32 Å². The summed E-state index contributed by atoms with van der Waals surface area (Å²) in [5, 5.41) is 11.0. The predicted octanol–water partition coefficient (Wildman–Crippen LogP) is 2.68. The molecule has 1 amide bonds. The standard InChI is InChI=1S/C16H14N4O/c21-16(20-15-8-4-3-7-14(15)18-19-20)17-13-10-9-11-5-1-2-6-12(11)13/h1-8,13H,9-10H2,(H,17,21)/t13-/m0/s1. The first kappa shape index (κ1) is 12.1. The molecule has 1 aliphatic rings. The summed E-state index contributed by atoms with van der Waals surface area (Å²) in [6, 6.07) is 15.5. The van der Waals surface area contributed by atoms with Crippen molar-refractivity contribution < 1.29 is 4.79 Å². The number of carbonyl (C=O) groups is 1. The maximum Gasteiger partial charge on any atom is 0.344 e. The Morgan fingerprint density at radius 2 is 1.95 bits per heavy atom. The SMILES string of the molecule is O=C(N[C@H]1CCc2ccccc21)n1nnc2ccccc21. The van der Waals surface area contributed by atoms with Crippen molar-refractivity contribution in [2.75, 3.05) is 0 Å². The third-order valence-corrected chi connectivity index (χ3v) is 3.97. The van der Waals surface area contributed by atoms with Gasteiger partial charge in [-0.1, -0.05) is 41.6 Å². The summed E-state index contributed by atoms with van der Waals surface area (Å²) < 4.78 is 1.33. The van der Waals surface area contributed by atoms with Crippen LogP contribution in [0.4, 0.5) is 4.79 Å². The van der Waals surface area contributed by atoms with Crippen molar-refractivity contribution in [3.63, 3.8) is 0 Å². The van der Waals surface area contributed by atoms with Crippen LogP contribution in [0.1, 0.15) is 23.6 Å². The van der Waals surface area contributed by atoms with Crippen molar-refractivity contribution in [1.82, 2.24) is 20.3 Å². The van der Waals surface area contributed by atoms with E-state index < -0.39 is 0 Å². The van der Waals surface area contributed by atoms with Crippen molar-refractivity contribution in [2.45, 2.75) is 18.9 Å². The molecule has 1 atom stereocenters. The normalized spacial score (nSPS) is 16.9. The molecule has 5 heteroatoms. The fourth-order valence-corrected chi connectivity index (χ4v) is 2.94. The number of aromatic nitrogens is 3. The zero-order valence-corrected chi connectivity index (χ0v) is 11.4. The van der Waals surface area contributed by atoms with Gasteiger partial charge < -0.3 is 5.32 Å². The van der Waals surface area contributed by atoms with Crippen LogP contribution in [-0.2, 0) is 6.42 Å². The molecule has 0 aliphatic heterocycles. The number of fused-ring (bicyclic) bond motifs is 2. The zero-order valence-electron chi connectivity index (χ0n) is 11.4. The summed E-state index contributed by atoms with van der Waals surface area (Å²) in [4.78, 5) is 12.4. The van der Waals surface area contributed by atoms with Crippen LogP contribution in [0.15, 0.2) is 48.5 Å². The first-order chi connectivity index (χ1) is 10.3. The van der Waals surface area contributed by atoms with E-state index in [-0.39, 0.29) is 12.1 Å². The summed E-state index contributed by atoms with van der Waals surface area (Å²) in [5.41, 5.74) is 3.96. The lowest BCUT2D eigenvalue weighted by molar-refractivity contribution is 0.236. The summed E-state index contributed by atoms with van der Waals surface area (Å²) in [6.45, 7) is 0. The molecule has 0 radical (unpaired) electrons. The van der Waals surface area contributed by atoms with Gasteiger partial charge in [-0.25, -0.2) is 4.79 Å². The largest absolute Gasteiger partial charge is 0.344 e. The van der Waals surface area contributed by atoms with E-state index in [1.54, 1.807) is 0 Å². The zero-order chi connectivity index (χ0) is 14.2. The van der Waals surface area contributed by atoms with Crippen molar-refractivity contribution in [3.05, 3.63) is 59.7 Å². The maximum atomic E-state index is 12.4. The van der Waals surface area contributed by atoms with E-state index >= 15 is 0 Å². The van der Waals surface area contributed by atoms with Gasteiger partial charge in [-0.3, -0.25) is 0 Å². The number of aryl methyl sites for hydroxylation is 1. The van der Waals surface area contributed by atoms with Crippen LogP contribution in [0.5, 0.6) is 0 Å². The number of para-hydroxylation sites is 1. The highest BCUT2D eigenvalue weighted by Crippen LogP contribution is 2.30. The molecule has 4 rings (SSSR count). The van der Waals surface area contributed by atoms with Gasteiger partial charge in [0.05, 0.1) is 11.6 Å². The van der Waals surface area contributed by atoms with Crippen LogP contribution in [0.2, 0.25) is 0 Å². The number of rotatable bonds is 1. The van der Waals surface area contributed by atoms with Crippen LogP contribution in [0, 0.1) is 0 Å². The van der Waals surface area contributed by atoms with E-state index in [4.69, 9.17) is 0 Å². The van der Waals surface area contributed by atoms with E-state index in [2.05, 4.69) is 27.8 Å². The van der Waals surface area contributed by atoms with E-state index in [0.29, 0.717) is 0 Å². The molecule has 1 N–H and O–H groups in total. The Balaban J connectivity index is 1.62. The van der Waals surface area contributed by atoms with Gasteiger partial charge in [0.1, 0.15) is 5.52 Å². The molecule has 21 heavy (non-hydrogen) atoms. The number of amides is 1. The third kappa shape index (κ3) is 1.98. The molecule has 0 fully saturated rings. The molecule has 5 nitrogen and oxygen atoms in total. The second-order valence-corrected chi connectivity index (χ2v) is 5.23. The molecule has 104 valence electrons. The average Bonchev–Trinajstić information content (AvgIpc) is 3.12. The second-order valence-electron chi connectivity index (χ2n) is 5.23. The Morgan fingerprint density at radius 3 is 2.90 bits per heavy atom. The summed E-state index contributed by atoms with van der Waals surface area (Å²) >= 11 is 0. The molecule has 0 spiro atoms.